The van der Waals surface area contributed by atoms with Gasteiger partial charge < -0.3 is 4.74 Å². The van der Waals surface area contributed by atoms with E-state index in [2.05, 4.69) is 4.74 Å². The fourth-order valence-corrected chi connectivity index (χ4v) is 2.32. The van der Waals surface area contributed by atoms with Crippen molar-refractivity contribution in [2.45, 2.75) is 25.3 Å². The van der Waals surface area contributed by atoms with Gasteiger partial charge in [0, 0.05) is 23.3 Å². The van der Waals surface area contributed by atoms with Gasteiger partial charge in [0.15, 0.2) is 5.78 Å². The number of ketones is 1. The number of methoxy groups -OCH3 is 1. The van der Waals surface area contributed by atoms with Crippen LogP contribution in [-0.2, 0) is 16.0 Å². The van der Waals surface area contributed by atoms with E-state index in [9.17, 15) is 19.7 Å². The Hall–Kier alpha value is -2.50. The number of rotatable bonds is 5. The van der Waals surface area contributed by atoms with E-state index in [-0.39, 0.29) is 12.2 Å². The molecule has 110 valence electrons. The van der Waals surface area contributed by atoms with Crippen LogP contribution in [0.15, 0.2) is 24.3 Å². The molecule has 1 aromatic rings. The minimum atomic E-state index is -1.39. The molecular weight excluding hydrogens is 274 g/mol. The molecule has 0 saturated carbocycles. The zero-order valence-electron chi connectivity index (χ0n) is 11.6. The number of hydrogen-bond acceptors (Lipinski definition) is 5. The first-order chi connectivity index (χ1) is 10.0. The van der Waals surface area contributed by atoms with Crippen LogP contribution in [0.5, 0.6) is 0 Å². The minimum Gasteiger partial charge on any atom is -0.464 e. The largest absolute Gasteiger partial charge is 0.464 e. The molecule has 0 spiro atoms. The standard InChI is InChI=1S/C15H15NO5/c1-21-15(18)13(16(19)20)4-2-3-10-5-7-12-11(9-10)6-8-14(12)17/h2-3,5,7,9,13H,4,6,8H2,1H3/b3-2+. The molecule has 0 saturated heterocycles. The van der Waals surface area contributed by atoms with Gasteiger partial charge in [0.05, 0.1) is 7.11 Å². The zero-order valence-corrected chi connectivity index (χ0v) is 11.6. The summed E-state index contributed by atoms with van der Waals surface area (Å²) in [4.78, 5) is 32.9. The molecule has 0 heterocycles. The van der Waals surface area contributed by atoms with Crippen molar-refractivity contribution in [1.82, 2.24) is 0 Å². The van der Waals surface area contributed by atoms with E-state index >= 15 is 0 Å². The highest BCUT2D eigenvalue weighted by Crippen LogP contribution is 2.23. The number of carbonyl (C=O) groups is 2. The monoisotopic (exact) mass is 289 g/mol. The van der Waals surface area contributed by atoms with Crippen molar-refractivity contribution in [3.05, 3.63) is 51.1 Å². The predicted octanol–water partition coefficient (Wildman–Crippen LogP) is 2.04. The molecule has 0 radical (unpaired) electrons. The van der Waals surface area contributed by atoms with E-state index in [4.69, 9.17) is 0 Å². The van der Waals surface area contributed by atoms with E-state index < -0.39 is 16.9 Å². The number of carbonyl (C=O) groups excluding carboxylic acids is 2. The summed E-state index contributed by atoms with van der Waals surface area (Å²) in [6, 6.07) is 4.08. The van der Waals surface area contributed by atoms with Crippen molar-refractivity contribution < 1.29 is 19.2 Å². The molecule has 0 fully saturated rings. The van der Waals surface area contributed by atoms with E-state index in [1.54, 1.807) is 24.3 Å². The van der Waals surface area contributed by atoms with Crippen LogP contribution >= 0.6 is 0 Å². The third-order valence-corrected chi connectivity index (χ3v) is 3.45. The average Bonchev–Trinajstić information content (AvgIpc) is 2.83. The summed E-state index contributed by atoms with van der Waals surface area (Å²) < 4.78 is 4.40. The Morgan fingerprint density at radius 1 is 1.48 bits per heavy atom. The molecule has 0 bridgehead atoms. The molecule has 0 aromatic heterocycles. The molecular formula is C15H15NO5. The zero-order chi connectivity index (χ0) is 15.4. The molecule has 1 aliphatic rings. The van der Waals surface area contributed by atoms with E-state index in [0.29, 0.717) is 6.42 Å². The smallest absolute Gasteiger partial charge is 0.381 e. The summed E-state index contributed by atoms with van der Waals surface area (Å²) in [5, 5.41) is 10.8. The van der Waals surface area contributed by atoms with Crippen molar-refractivity contribution in [2.75, 3.05) is 7.11 Å². The summed E-state index contributed by atoms with van der Waals surface area (Å²) in [6.07, 6.45) is 4.52. The van der Waals surface area contributed by atoms with Gasteiger partial charge >= 0.3 is 12.0 Å². The Labute approximate surface area is 121 Å². The molecule has 0 aliphatic heterocycles. The maximum Gasteiger partial charge on any atom is 0.381 e. The first-order valence-electron chi connectivity index (χ1n) is 6.57. The fraction of sp³-hybridized carbons (Fsp3) is 0.333. The molecule has 2 rings (SSSR count). The number of aryl methyl sites for hydroxylation is 1. The van der Waals surface area contributed by atoms with E-state index in [1.807, 2.05) is 6.07 Å². The van der Waals surface area contributed by atoms with Crippen molar-refractivity contribution in [3.8, 4) is 0 Å². The Balaban J connectivity index is 2.06. The van der Waals surface area contributed by atoms with Gasteiger partial charge in [-0.1, -0.05) is 30.4 Å². The maximum absolute atomic E-state index is 11.5. The second kappa shape index (κ2) is 6.30. The van der Waals surface area contributed by atoms with Crippen molar-refractivity contribution in [2.24, 2.45) is 0 Å². The lowest BCUT2D eigenvalue weighted by atomic mass is 10.1. The van der Waals surface area contributed by atoms with Crippen LogP contribution in [-0.4, -0.2) is 29.8 Å². The van der Waals surface area contributed by atoms with Crippen LogP contribution in [0.25, 0.3) is 6.08 Å². The molecule has 1 aliphatic carbocycles. The number of nitro groups is 1. The van der Waals surface area contributed by atoms with Gasteiger partial charge in [0.25, 0.3) is 0 Å². The summed E-state index contributed by atoms with van der Waals surface area (Å²) in [5.74, 6) is -0.705. The molecule has 6 nitrogen and oxygen atoms in total. The highest BCUT2D eigenvalue weighted by molar-refractivity contribution is 6.00. The van der Waals surface area contributed by atoms with Gasteiger partial charge in [0.2, 0.25) is 0 Å². The first kappa shape index (κ1) is 14.9. The number of esters is 1. The number of Topliss-reactive ketones (excluding diaryl/α,β-unsaturated/α-hetero) is 1. The van der Waals surface area contributed by atoms with Gasteiger partial charge in [-0.15, -0.1) is 0 Å². The van der Waals surface area contributed by atoms with Gasteiger partial charge in [-0.25, -0.2) is 4.79 Å². The summed E-state index contributed by atoms with van der Waals surface area (Å²) in [6.45, 7) is 0. The fourth-order valence-electron chi connectivity index (χ4n) is 2.32. The van der Waals surface area contributed by atoms with Gasteiger partial charge in [-0.2, -0.15) is 0 Å². The molecule has 6 heteroatoms. The van der Waals surface area contributed by atoms with E-state index in [0.717, 1.165) is 30.2 Å². The quantitative estimate of drug-likeness (QED) is 0.470. The van der Waals surface area contributed by atoms with Crippen molar-refractivity contribution in [3.63, 3.8) is 0 Å². The van der Waals surface area contributed by atoms with Crippen molar-refractivity contribution >= 4 is 17.8 Å². The Morgan fingerprint density at radius 3 is 2.90 bits per heavy atom. The summed E-state index contributed by atoms with van der Waals surface area (Å²) in [5.41, 5.74) is 2.61. The summed E-state index contributed by atoms with van der Waals surface area (Å²) >= 11 is 0. The molecule has 0 amide bonds. The summed E-state index contributed by atoms with van der Waals surface area (Å²) in [7, 11) is 1.13. The third kappa shape index (κ3) is 3.34. The van der Waals surface area contributed by atoms with Crippen LogP contribution in [0.4, 0.5) is 0 Å². The Morgan fingerprint density at radius 2 is 2.24 bits per heavy atom. The molecule has 0 N–H and O–H groups in total. The van der Waals surface area contributed by atoms with E-state index in [1.165, 1.54) is 0 Å². The number of benzene rings is 1. The Kier molecular flexibility index (Phi) is 4.47. The normalized spacial score (nSPS) is 15.0. The molecule has 21 heavy (non-hydrogen) atoms. The van der Waals surface area contributed by atoms with Crippen LogP contribution in [0.1, 0.15) is 34.3 Å². The van der Waals surface area contributed by atoms with Gasteiger partial charge in [-0.3, -0.25) is 14.9 Å². The van der Waals surface area contributed by atoms with Crippen molar-refractivity contribution in [1.29, 1.82) is 0 Å². The first-order valence-corrected chi connectivity index (χ1v) is 6.57. The predicted molar refractivity (Wildman–Crippen MR) is 75.5 cm³/mol. The topological polar surface area (TPSA) is 86.5 Å². The number of hydrogen-bond donors (Lipinski definition) is 0. The second-order valence-electron chi connectivity index (χ2n) is 4.80. The maximum atomic E-state index is 11.5. The lowest BCUT2D eigenvalue weighted by Gasteiger charge is -2.04. The highest BCUT2D eigenvalue weighted by atomic mass is 16.6. The molecule has 1 unspecified atom stereocenters. The number of fused-ring (bicyclic) bond motifs is 1. The minimum absolute atomic E-state index is 0.0321. The number of ether oxygens (including phenoxy) is 1. The molecule has 1 aromatic carbocycles. The average molecular weight is 289 g/mol. The van der Waals surface area contributed by atoms with Crippen LogP contribution in [0.3, 0.4) is 0 Å². The molecule has 1 atom stereocenters. The van der Waals surface area contributed by atoms with Gasteiger partial charge in [-0.05, 0) is 17.5 Å². The van der Waals surface area contributed by atoms with Crippen LogP contribution in [0, 0.1) is 10.1 Å². The lowest BCUT2D eigenvalue weighted by molar-refractivity contribution is -0.509. The second-order valence-corrected chi connectivity index (χ2v) is 4.80. The van der Waals surface area contributed by atoms with Crippen LogP contribution < -0.4 is 0 Å². The Bertz CT molecular complexity index is 620. The SMILES string of the molecule is COC(=O)C(C/C=C/c1ccc2c(c1)CCC2=O)[N+](=O)[O-]. The number of nitrogens with zero attached hydrogens (tertiary/aromatic N) is 1. The van der Waals surface area contributed by atoms with Crippen LogP contribution in [0.2, 0.25) is 0 Å². The third-order valence-electron chi connectivity index (χ3n) is 3.45. The highest BCUT2D eigenvalue weighted by Gasteiger charge is 2.29. The lowest BCUT2D eigenvalue weighted by Crippen LogP contribution is -2.29. The van der Waals surface area contributed by atoms with Gasteiger partial charge in [0.1, 0.15) is 0 Å².